The smallest absolute Gasteiger partial charge is 0.337 e. The minimum Gasteiger partial charge on any atom is -0.478 e. The van der Waals surface area contributed by atoms with Gasteiger partial charge in [0.15, 0.2) is 0 Å². The fourth-order valence-electron chi connectivity index (χ4n) is 3.23. The molecule has 1 aliphatic rings. The Bertz CT molecular complexity index is 768. The highest BCUT2D eigenvalue weighted by atomic mass is 32.2. The number of benzene rings is 1. The highest BCUT2D eigenvalue weighted by Crippen LogP contribution is 2.26. The molecule has 0 aromatic heterocycles. The molecule has 1 amide bonds. The van der Waals surface area contributed by atoms with Crippen LogP contribution in [0.1, 0.15) is 49.9 Å². The van der Waals surface area contributed by atoms with E-state index in [0.29, 0.717) is 25.3 Å². The van der Waals surface area contributed by atoms with E-state index >= 15 is 0 Å². The lowest BCUT2D eigenvalue weighted by Gasteiger charge is -2.30. The summed E-state index contributed by atoms with van der Waals surface area (Å²) in [7, 11) is -3.90. The normalized spacial score (nSPS) is 16.4. The lowest BCUT2D eigenvalue weighted by molar-refractivity contribution is -0.126. The van der Waals surface area contributed by atoms with E-state index in [1.807, 2.05) is 0 Å². The Labute approximate surface area is 160 Å². The molecular weight excluding hydrogens is 368 g/mol. The number of carbonyl (C=O) groups is 2. The number of rotatable bonds is 8. The lowest BCUT2D eigenvalue weighted by atomic mass is 9.97. The van der Waals surface area contributed by atoms with Gasteiger partial charge in [-0.2, -0.15) is 4.31 Å². The molecule has 1 fully saturated rings. The zero-order valence-corrected chi connectivity index (χ0v) is 16.7. The molecule has 1 aliphatic heterocycles. The molecule has 8 heteroatoms. The summed E-state index contributed by atoms with van der Waals surface area (Å²) in [6.07, 6.45) is 2.86. The van der Waals surface area contributed by atoms with Gasteiger partial charge in [-0.3, -0.25) is 4.79 Å². The first-order valence-electron chi connectivity index (χ1n) is 9.33. The average Bonchev–Trinajstić information content (AvgIpc) is 2.65. The van der Waals surface area contributed by atoms with Gasteiger partial charge in [0.2, 0.25) is 15.9 Å². The summed E-state index contributed by atoms with van der Waals surface area (Å²) in [5, 5.41) is 12.2. The van der Waals surface area contributed by atoms with Gasteiger partial charge in [-0.05, 0) is 43.7 Å². The molecule has 1 aromatic rings. The van der Waals surface area contributed by atoms with Crippen LogP contribution in [0.3, 0.4) is 0 Å². The van der Waals surface area contributed by atoms with E-state index in [9.17, 15) is 23.1 Å². The van der Waals surface area contributed by atoms with Crippen LogP contribution < -0.4 is 5.32 Å². The van der Waals surface area contributed by atoms with Crippen molar-refractivity contribution in [2.75, 3.05) is 19.6 Å². The summed E-state index contributed by atoms with van der Waals surface area (Å²) in [4.78, 5) is 23.4. The molecule has 150 valence electrons. The number of nitrogens with zero attached hydrogens (tertiary/aromatic N) is 1. The predicted molar refractivity (Wildman–Crippen MR) is 102 cm³/mol. The maximum Gasteiger partial charge on any atom is 0.337 e. The number of aromatic carboxylic acids is 1. The zero-order valence-electron chi connectivity index (χ0n) is 15.8. The number of piperidine rings is 1. The summed E-state index contributed by atoms with van der Waals surface area (Å²) in [6.45, 7) is 5.34. The Balaban J connectivity index is 1.95. The number of nitrogens with one attached hydrogen (secondary N) is 1. The van der Waals surface area contributed by atoms with Crippen molar-refractivity contribution in [3.63, 3.8) is 0 Å². The van der Waals surface area contributed by atoms with Crippen LogP contribution in [0.5, 0.6) is 0 Å². The molecule has 2 N–H and O–H groups in total. The van der Waals surface area contributed by atoms with Crippen molar-refractivity contribution in [3.05, 3.63) is 29.8 Å². The van der Waals surface area contributed by atoms with E-state index in [4.69, 9.17) is 0 Å². The Morgan fingerprint density at radius 2 is 1.85 bits per heavy atom. The summed E-state index contributed by atoms with van der Waals surface area (Å²) < 4.78 is 26.9. The molecule has 1 saturated heterocycles. The van der Waals surface area contributed by atoms with Crippen molar-refractivity contribution < 1.29 is 23.1 Å². The topological polar surface area (TPSA) is 104 Å². The van der Waals surface area contributed by atoms with E-state index in [0.717, 1.165) is 12.8 Å². The molecule has 0 radical (unpaired) electrons. The number of hydrogen-bond acceptors (Lipinski definition) is 4. The van der Waals surface area contributed by atoms with Crippen LogP contribution in [0.4, 0.5) is 0 Å². The second kappa shape index (κ2) is 9.32. The van der Waals surface area contributed by atoms with Gasteiger partial charge in [-0.25, -0.2) is 13.2 Å². The zero-order chi connectivity index (χ0) is 20.0. The van der Waals surface area contributed by atoms with Gasteiger partial charge in [-0.15, -0.1) is 0 Å². The summed E-state index contributed by atoms with van der Waals surface area (Å²) in [5.74, 6) is -0.902. The van der Waals surface area contributed by atoms with Gasteiger partial charge < -0.3 is 10.4 Å². The Morgan fingerprint density at radius 3 is 2.44 bits per heavy atom. The number of carbonyl (C=O) groups excluding carboxylic acids is 1. The lowest BCUT2D eigenvalue weighted by Crippen LogP contribution is -2.43. The van der Waals surface area contributed by atoms with Crippen LogP contribution in [-0.4, -0.2) is 49.3 Å². The third-order valence-corrected chi connectivity index (χ3v) is 6.77. The third kappa shape index (κ3) is 5.52. The number of hydrogen-bond donors (Lipinski definition) is 2. The van der Waals surface area contributed by atoms with Gasteiger partial charge in [0.1, 0.15) is 0 Å². The highest BCUT2D eigenvalue weighted by Gasteiger charge is 2.33. The number of sulfonamides is 1. The van der Waals surface area contributed by atoms with Crippen molar-refractivity contribution in [1.29, 1.82) is 0 Å². The van der Waals surface area contributed by atoms with Gasteiger partial charge in [0.25, 0.3) is 0 Å². The van der Waals surface area contributed by atoms with Crippen LogP contribution in [-0.2, 0) is 14.8 Å². The Morgan fingerprint density at radius 1 is 1.22 bits per heavy atom. The minimum atomic E-state index is -3.90. The summed E-state index contributed by atoms with van der Waals surface area (Å²) in [6, 6.07) is 5.61. The molecule has 0 atom stereocenters. The molecule has 7 nitrogen and oxygen atoms in total. The largest absolute Gasteiger partial charge is 0.478 e. The SMILES string of the molecule is CC(C)CCCNC(=O)C1CCN(S(=O)(=O)c2ccccc2C(=O)O)CC1. The van der Waals surface area contributed by atoms with Crippen molar-refractivity contribution in [3.8, 4) is 0 Å². The molecule has 0 bridgehead atoms. The van der Waals surface area contributed by atoms with Crippen LogP contribution in [0.25, 0.3) is 0 Å². The minimum absolute atomic E-state index is 0.0262. The van der Waals surface area contributed by atoms with Gasteiger partial charge in [0, 0.05) is 25.6 Å². The van der Waals surface area contributed by atoms with Crippen LogP contribution >= 0.6 is 0 Å². The first-order chi connectivity index (χ1) is 12.7. The standard InChI is InChI=1S/C19H28N2O5S/c1-14(2)6-5-11-20-18(22)15-9-12-21(13-10-15)27(25,26)17-8-4-3-7-16(17)19(23)24/h3-4,7-8,14-15H,5-6,9-13H2,1-2H3,(H,20,22)(H,23,24). The van der Waals surface area contributed by atoms with E-state index in [2.05, 4.69) is 19.2 Å². The van der Waals surface area contributed by atoms with Crippen molar-refractivity contribution in [2.24, 2.45) is 11.8 Å². The molecule has 1 heterocycles. The predicted octanol–water partition coefficient (Wildman–Crippen LogP) is 2.34. The number of carboxylic acids is 1. The highest BCUT2D eigenvalue weighted by molar-refractivity contribution is 7.89. The van der Waals surface area contributed by atoms with Gasteiger partial charge in [0.05, 0.1) is 10.5 Å². The Hall–Kier alpha value is -1.93. The first kappa shape index (κ1) is 21.4. The molecule has 0 aliphatic carbocycles. The van der Waals surface area contributed by atoms with E-state index in [1.54, 1.807) is 0 Å². The number of amides is 1. The maximum atomic E-state index is 12.8. The van der Waals surface area contributed by atoms with Crippen LogP contribution in [0, 0.1) is 11.8 Å². The average molecular weight is 397 g/mol. The van der Waals surface area contributed by atoms with E-state index in [-0.39, 0.29) is 35.4 Å². The van der Waals surface area contributed by atoms with Gasteiger partial charge in [-0.1, -0.05) is 26.0 Å². The second-order valence-corrected chi connectivity index (χ2v) is 9.21. The third-order valence-electron chi connectivity index (χ3n) is 4.82. The van der Waals surface area contributed by atoms with Gasteiger partial charge >= 0.3 is 5.97 Å². The molecule has 0 saturated carbocycles. The molecule has 0 spiro atoms. The van der Waals surface area contributed by atoms with E-state index < -0.39 is 16.0 Å². The van der Waals surface area contributed by atoms with Crippen molar-refractivity contribution >= 4 is 21.9 Å². The van der Waals surface area contributed by atoms with Crippen molar-refractivity contribution in [2.45, 2.75) is 44.4 Å². The molecule has 2 rings (SSSR count). The van der Waals surface area contributed by atoms with E-state index in [1.165, 1.54) is 28.6 Å². The fraction of sp³-hybridized carbons (Fsp3) is 0.579. The summed E-state index contributed by atoms with van der Waals surface area (Å²) >= 11 is 0. The number of carboxylic acid groups (broad SMARTS) is 1. The van der Waals surface area contributed by atoms with Crippen molar-refractivity contribution in [1.82, 2.24) is 9.62 Å². The molecule has 0 unspecified atom stereocenters. The maximum absolute atomic E-state index is 12.8. The summed E-state index contributed by atoms with van der Waals surface area (Å²) in [5.41, 5.74) is -0.234. The molecule has 27 heavy (non-hydrogen) atoms. The Kier molecular flexibility index (Phi) is 7.38. The first-order valence-corrected chi connectivity index (χ1v) is 10.8. The van der Waals surface area contributed by atoms with Crippen LogP contribution in [0.2, 0.25) is 0 Å². The fourth-order valence-corrected chi connectivity index (χ4v) is 4.89. The molecule has 1 aromatic carbocycles. The monoisotopic (exact) mass is 396 g/mol. The quantitative estimate of drug-likeness (QED) is 0.657. The molecular formula is C19H28N2O5S. The second-order valence-electron chi connectivity index (χ2n) is 7.31. The van der Waals surface area contributed by atoms with Crippen LogP contribution in [0.15, 0.2) is 29.2 Å².